The zero-order valence-corrected chi connectivity index (χ0v) is 17.0. The fourth-order valence-corrected chi connectivity index (χ4v) is 5.03. The van der Waals surface area contributed by atoms with Gasteiger partial charge in [0, 0.05) is 63.3 Å². The van der Waals surface area contributed by atoms with Crippen LogP contribution in [0.5, 0.6) is 0 Å². The minimum atomic E-state index is 0.131. The number of nitrogens with zero attached hydrogens (tertiary/aromatic N) is 4. The van der Waals surface area contributed by atoms with Crippen LogP contribution in [0.2, 0.25) is 0 Å². The van der Waals surface area contributed by atoms with E-state index in [0.717, 1.165) is 50.2 Å². The lowest BCUT2D eigenvalue weighted by atomic mass is 9.91. The molecule has 0 spiro atoms. The van der Waals surface area contributed by atoms with Crippen molar-refractivity contribution in [3.8, 4) is 0 Å². The van der Waals surface area contributed by atoms with Crippen LogP contribution in [0.15, 0.2) is 12.1 Å². The Kier molecular flexibility index (Phi) is 5.80. The third-order valence-corrected chi connectivity index (χ3v) is 7.22. The quantitative estimate of drug-likeness (QED) is 0.782. The molecular formula is C20H30N4O2S. The largest absolute Gasteiger partial charge is 0.339 e. The molecule has 7 heteroatoms. The number of carbonyl (C=O) groups is 2. The number of amides is 2. The fourth-order valence-electron chi connectivity index (χ4n) is 4.19. The summed E-state index contributed by atoms with van der Waals surface area (Å²) in [4.78, 5) is 35.9. The van der Waals surface area contributed by atoms with Crippen LogP contribution in [0.4, 0.5) is 0 Å². The van der Waals surface area contributed by atoms with Crippen LogP contribution >= 0.6 is 11.3 Å². The molecule has 0 aromatic carbocycles. The van der Waals surface area contributed by atoms with Crippen molar-refractivity contribution >= 4 is 23.2 Å². The maximum atomic E-state index is 12.7. The second-order valence-corrected chi connectivity index (χ2v) is 9.27. The van der Waals surface area contributed by atoms with E-state index >= 15 is 0 Å². The first kappa shape index (κ1) is 18.9. The Morgan fingerprint density at radius 2 is 1.63 bits per heavy atom. The Morgan fingerprint density at radius 3 is 2.19 bits per heavy atom. The summed E-state index contributed by atoms with van der Waals surface area (Å²) in [7, 11) is 0. The van der Waals surface area contributed by atoms with E-state index in [4.69, 9.17) is 0 Å². The third kappa shape index (κ3) is 4.36. The van der Waals surface area contributed by atoms with E-state index in [1.54, 1.807) is 11.3 Å². The second kappa shape index (κ2) is 8.29. The Labute approximate surface area is 165 Å². The van der Waals surface area contributed by atoms with Crippen LogP contribution in [-0.2, 0) is 4.79 Å². The lowest BCUT2D eigenvalue weighted by molar-refractivity contribution is -0.135. The Bertz CT molecular complexity index is 671. The lowest BCUT2D eigenvalue weighted by Gasteiger charge is -2.43. The SMILES string of the molecule is Cc1ccc(C(=O)N2CCN(CC(=O)N3CCN(C4CCC4)CC3)CC2)s1. The number of aryl methyl sites for hydroxylation is 1. The molecule has 0 unspecified atom stereocenters. The number of carbonyl (C=O) groups excluding carboxylic acids is 2. The standard InChI is InChI=1S/C20H30N4O2S/c1-16-5-6-18(27-16)20(26)24-9-7-21(8-10-24)15-19(25)23-13-11-22(12-14-23)17-3-2-4-17/h5-6,17H,2-4,7-15H2,1H3. The van der Waals surface area contributed by atoms with Crippen molar-refractivity contribution in [2.75, 3.05) is 58.9 Å². The molecule has 2 amide bonds. The first-order valence-corrected chi connectivity index (χ1v) is 11.0. The van der Waals surface area contributed by atoms with Gasteiger partial charge in [-0.15, -0.1) is 11.3 Å². The number of thiophene rings is 1. The van der Waals surface area contributed by atoms with E-state index in [2.05, 4.69) is 9.80 Å². The molecule has 3 fully saturated rings. The van der Waals surface area contributed by atoms with Crippen molar-refractivity contribution in [1.82, 2.24) is 19.6 Å². The molecule has 27 heavy (non-hydrogen) atoms. The number of piperazine rings is 2. The third-order valence-electron chi connectivity index (χ3n) is 6.23. The van der Waals surface area contributed by atoms with Gasteiger partial charge in [0.25, 0.3) is 5.91 Å². The van der Waals surface area contributed by atoms with Gasteiger partial charge >= 0.3 is 0 Å². The highest BCUT2D eigenvalue weighted by molar-refractivity contribution is 7.13. The smallest absolute Gasteiger partial charge is 0.264 e. The van der Waals surface area contributed by atoms with Gasteiger partial charge in [-0.1, -0.05) is 6.42 Å². The van der Waals surface area contributed by atoms with Crippen molar-refractivity contribution in [3.63, 3.8) is 0 Å². The molecule has 2 aliphatic heterocycles. The summed E-state index contributed by atoms with van der Waals surface area (Å²) in [5.74, 6) is 0.378. The maximum Gasteiger partial charge on any atom is 0.264 e. The van der Waals surface area contributed by atoms with Gasteiger partial charge in [0.05, 0.1) is 11.4 Å². The minimum Gasteiger partial charge on any atom is -0.339 e. The van der Waals surface area contributed by atoms with Crippen LogP contribution in [0.3, 0.4) is 0 Å². The van der Waals surface area contributed by atoms with Crippen LogP contribution in [0, 0.1) is 6.92 Å². The topological polar surface area (TPSA) is 47.1 Å². The van der Waals surface area contributed by atoms with E-state index < -0.39 is 0 Å². The van der Waals surface area contributed by atoms with E-state index in [1.165, 1.54) is 24.1 Å². The Morgan fingerprint density at radius 1 is 0.963 bits per heavy atom. The summed E-state index contributed by atoms with van der Waals surface area (Å²) in [5, 5.41) is 0. The van der Waals surface area contributed by atoms with Crippen molar-refractivity contribution < 1.29 is 9.59 Å². The molecule has 1 aromatic rings. The Hall–Kier alpha value is -1.44. The summed E-state index contributed by atoms with van der Waals surface area (Å²) in [6.45, 7) is 9.28. The van der Waals surface area contributed by atoms with Gasteiger partial charge in [0.1, 0.15) is 0 Å². The second-order valence-electron chi connectivity index (χ2n) is 7.98. The number of hydrogen-bond donors (Lipinski definition) is 0. The molecule has 6 nitrogen and oxygen atoms in total. The molecule has 3 heterocycles. The zero-order valence-electron chi connectivity index (χ0n) is 16.2. The van der Waals surface area contributed by atoms with Gasteiger partial charge in [0.15, 0.2) is 0 Å². The minimum absolute atomic E-state index is 0.131. The van der Waals surface area contributed by atoms with Crippen molar-refractivity contribution in [2.45, 2.75) is 32.2 Å². The summed E-state index contributed by atoms with van der Waals surface area (Å²) < 4.78 is 0. The Balaban J connectivity index is 1.20. The number of hydrogen-bond acceptors (Lipinski definition) is 5. The molecule has 1 aliphatic carbocycles. The molecule has 0 radical (unpaired) electrons. The predicted molar refractivity (Wildman–Crippen MR) is 107 cm³/mol. The van der Waals surface area contributed by atoms with Gasteiger partial charge in [0.2, 0.25) is 5.91 Å². The van der Waals surface area contributed by atoms with Crippen molar-refractivity contribution in [3.05, 3.63) is 21.9 Å². The lowest BCUT2D eigenvalue weighted by Crippen LogP contribution is -2.56. The normalized spacial score (nSPS) is 22.7. The summed E-state index contributed by atoms with van der Waals surface area (Å²) in [6.07, 6.45) is 4.04. The molecule has 0 atom stereocenters. The highest BCUT2D eigenvalue weighted by Crippen LogP contribution is 2.25. The van der Waals surface area contributed by atoms with Gasteiger partial charge in [-0.25, -0.2) is 0 Å². The highest BCUT2D eigenvalue weighted by Gasteiger charge is 2.30. The molecule has 4 rings (SSSR count). The molecule has 2 saturated heterocycles. The van der Waals surface area contributed by atoms with Gasteiger partial charge in [-0.3, -0.25) is 19.4 Å². The number of rotatable bonds is 4. The van der Waals surface area contributed by atoms with Crippen molar-refractivity contribution in [2.24, 2.45) is 0 Å². The summed E-state index contributed by atoms with van der Waals surface area (Å²) in [6, 6.07) is 4.69. The molecule has 148 valence electrons. The fraction of sp³-hybridized carbons (Fsp3) is 0.700. The van der Waals surface area contributed by atoms with Crippen LogP contribution < -0.4 is 0 Å². The predicted octanol–water partition coefficient (Wildman–Crippen LogP) is 1.51. The molecule has 1 saturated carbocycles. The summed E-state index contributed by atoms with van der Waals surface area (Å²) >= 11 is 1.56. The molecule has 0 N–H and O–H groups in total. The highest BCUT2D eigenvalue weighted by atomic mass is 32.1. The van der Waals surface area contributed by atoms with Gasteiger partial charge < -0.3 is 9.80 Å². The van der Waals surface area contributed by atoms with E-state index in [-0.39, 0.29) is 11.8 Å². The molecule has 0 bridgehead atoms. The zero-order chi connectivity index (χ0) is 18.8. The first-order chi connectivity index (χ1) is 13.1. The average Bonchev–Trinajstić information content (AvgIpc) is 3.07. The van der Waals surface area contributed by atoms with E-state index in [1.807, 2.05) is 28.9 Å². The molecular weight excluding hydrogens is 360 g/mol. The first-order valence-electron chi connectivity index (χ1n) is 10.2. The average molecular weight is 391 g/mol. The molecule has 1 aromatic heterocycles. The molecule has 3 aliphatic rings. The maximum absolute atomic E-state index is 12.7. The van der Waals surface area contributed by atoms with Gasteiger partial charge in [-0.05, 0) is 31.9 Å². The van der Waals surface area contributed by atoms with Crippen molar-refractivity contribution in [1.29, 1.82) is 0 Å². The van der Waals surface area contributed by atoms with E-state index in [0.29, 0.717) is 19.6 Å². The van der Waals surface area contributed by atoms with Crippen LogP contribution in [0.1, 0.15) is 33.8 Å². The summed E-state index contributed by atoms with van der Waals surface area (Å²) in [5.41, 5.74) is 0. The van der Waals surface area contributed by atoms with Crippen LogP contribution in [0.25, 0.3) is 0 Å². The van der Waals surface area contributed by atoms with Gasteiger partial charge in [-0.2, -0.15) is 0 Å². The van der Waals surface area contributed by atoms with Crippen LogP contribution in [-0.4, -0.2) is 96.4 Å². The van der Waals surface area contributed by atoms with E-state index in [9.17, 15) is 9.59 Å². The monoisotopic (exact) mass is 390 g/mol.